The van der Waals surface area contributed by atoms with Crippen molar-refractivity contribution in [2.75, 3.05) is 7.11 Å². The zero-order valence-corrected chi connectivity index (χ0v) is 15.1. The molecule has 0 aliphatic rings. The van der Waals surface area contributed by atoms with Gasteiger partial charge in [0.1, 0.15) is 5.75 Å². The second-order valence-corrected chi connectivity index (χ2v) is 7.70. The molecule has 9 heteroatoms. The van der Waals surface area contributed by atoms with E-state index in [0.29, 0.717) is 16.7 Å². The molecule has 0 saturated carbocycles. The third-order valence-corrected chi connectivity index (χ3v) is 5.86. The summed E-state index contributed by atoms with van der Waals surface area (Å²) in [6, 6.07) is 8.15. The minimum absolute atomic E-state index is 0.00227. The third-order valence-electron chi connectivity index (χ3n) is 4.17. The van der Waals surface area contributed by atoms with Crippen LogP contribution in [0.4, 0.5) is 0 Å². The molecule has 3 rings (SSSR count). The fraction of sp³-hybridized carbons (Fsp3) is 0.167. The Morgan fingerprint density at radius 1 is 1.11 bits per heavy atom. The van der Waals surface area contributed by atoms with Crippen molar-refractivity contribution in [3.63, 3.8) is 0 Å². The lowest BCUT2D eigenvalue weighted by Crippen LogP contribution is -2.11. The Balaban J connectivity index is 2.19. The number of phenols is 2. The van der Waals surface area contributed by atoms with Gasteiger partial charge in [0.2, 0.25) is 0 Å². The summed E-state index contributed by atoms with van der Waals surface area (Å²) >= 11 is 0. The van der Waals surface area contributed by atoms with Crippen LogP contribution < -0.4 is 4.74 Å². The van der Waals surface area contributed by atoms with Crippen molar-refractivity contribution >= 4 is 26.9 Å². The maximum atomic E-state index is 13.1. The quantitative estimate of drug-likeness (QED) is 0.551. The molecule has 0 fully saturated rings. The molecular formula is C18H17NO7S. The first kappa shape index (κ1) is 18.6. The molecule has 0 atom stereocenters. The van der Waals surface area contributed by atoms with Gasteiger partial charge in [0.25, 0.3) is 10.0 Å². The summed E-state index contributed by atoms with van der Waals surface area (Å²) in [5.41, 5.74) is 0.571. The molecule has 1 aromatic heterocycles. The maximum absolute atomic E-state index is 13.1. The smallest absolute Gasteiger partial charge is 0.303 e. The number of carboxylic acids is 1. The first-order valence-corrected chi connectivity index (χ1v) is 9.35. The first-order valence-electron chi connectivity index (χ1n) is 7.91. The number of rotatable bonds is 6. The van der Waals surface area contributed by atoms with Crippen LogP contribution >= 0.6 is 0 Å². The summed E-state index contributed by atoms with van der Waals surface area (Å²) in [5, 5.41) is 28.8. The number of ether oxygens (including phenoxy) is 1. The van der Waals surface area contributed by atoms with Crippen LogP contribution in [0.3, 0.4) is 0 Å². The average molecular weight is 391 g/mol. The van der Waals surface area contributed by atoms with E-state index in [2.05, 4.69) is 0 Å². The van der Waals surface area contributed by atoms with Gasteiger partial charge >= 0.3 is 5.97 Å². The minimum atomic E-state index is -4.02. The molecule has 0 radical (unpaired) electrons. The molecule has 0 spiro atoms. The van der Waals surface area contributed by atoms with Crippen molar-refractivity contribution in [3.05, 3.63) is 48.2 Å². The highest BCUT2D eigenvalue weighted by atomic mass is 32.2. The van der Waals surface area contributed by atoms with E-state index >= 15 is 0 Å². The average Bonchev–Trinajstić information content (AvgIpc) is 2.98. The third kappa shape index (κ3) is 3.41. The zero-order valence-electron chi connectivity index (χ0n) is 14.3. The fourth-order valence-corrected chi connectivity index (χ4v) is 4.17. The largest absolute Gasteiger partial charge is 0.504 e. The number of carbonyl (C=O) groups is 1. The number of carboxylic acid groups (broad SMARTS) is 1. The van der Waals surface area contributed by atoms with E-state index in [1.807, 2.05) is 0 Å². The molecule has 27 heavy (non-hydrogen) atoms. The molecule has 0 aliphatic carbocycles. The number of benzene rings is 2. The highest BCUT2D eigenvalue weighted by molar-refractivity contribution is 7.90. The molecule has 3 aromatic rings. The second-order valence-electron chi connectivity index (χ2n) is 5.88. The van der Waals surface area contributed by atoms with Crippen LogP contribution in [0.25, 0.3) is 10.9 Å². The van der Waals surface area contributed by atoms with E-state index in [4.69, 9.17) is 9.84 Å². The predicted molar refractivity (Wildman–Crippen MR) is 96.8 cm³/mol. The Labute approximate surface area is 154 Å². The van der Waals surface area contributed by atoms with E-state index in [1.54, 1.807) is 0 Å². The van der Waals surface area contributed by atoms with E-state index < -0.39 is 27.5 Å². The van der Waals surface area contributed by atoms with E-state index in [9.17, 15) is 23.4 Å². The molecule has 0 bridgehead atoms. The summed E-state index contributed by atoms with van der Waals surface area (Å²) in [4.78, 5) is 10.9. The van der Waals surface area contributed by atoms with Crippen molar-refractivity contribution < 1.29 is 33.3 Å². The van der Waals surface area contributed by atoms with Gasteiger partial charge in [0, 0.05) is 24.1 Å². The van der Waals surface area contributed by atoms with Gasteiger partial charge in [-0.25, -0.2) is 12.4 Å². The van der Waals surface area contributed by atoms with Gasteiger partial charge in [-0.1, -0.05) is 0 Å². The number of phenolic OH excluding ortho intramolecular Hbond substituents is 2. The molecule has 0 aliphatic heterocycles. The normalized spacial score (nSPS) is 11.6. The van der Waals surface area contributed by atoms with E-state index in [1.165, 1.54) is 43.6 Å². The fourth-order valence-electron chi connectivity index (χ4n) is 2.79. The van der Waals surface area contributed by atoms with Crippen molar-refractivity contribution in [2.24, 2.45) is 0 Å². The topological polar surface area (TPSA) is 126 Å². The molecule has 2 aromatic carbocycles. The van der Waals surface area contributed by atoms with E-state index in [0.717, 1.165) is 10.0 Å². The van der Waals surface area contributed by atoms with Crippen LogP contribution in [0.1, 0.15) is 12.0 Å². The van der Waals surface area contributed by atoms with Crippen LogP contribution in [0.5, 0.6) is 17.2 Å². The highest BCUT2D eigenvalue weighted by Crippen LogP contribution is 2.35. The number of methoxy groups -OCH3 is 1. The first-order chi connectivity index (χ1) is 12.7. The number of nitrogens with zero attached hydrogens (tertiary/aromatic N) is 1. The maximum Gasteiger partial charge on any atom is 0.303 e. The number of aliphatic carboxylic acids is 1. The van der Waals surface area contributed by atoms with Crippen molar-refractivity contribution in [3.8, 4) is 17.2 Å². The Hall–Kier alpha value is -3.20. The van der Waals surface area contributed by atoms with Gasteiger partial charge in [0.15, 0.2) is 11.5 Å². The molecule has 0 amide bonds. The van der Waals surface area contributed by atoms with Crippen LogP contribution in [-0.4, -0.2) is 40.8 Å². The molecule has 0 saturated heterocycles. The SMILES string of the molecule is COc1ccc(S(=O)(=O)n2cc(CCC(=O)O)c3cc(O)c(O)cc32)cc1. The molecule has 142 valence electrons. The van der Waals surface area contributed by atoms with Crippen LogP contribution in [0.15, 0.2) is 47.5 Å². The number of aromatic hydroxyl groups is 2. The molecular weight excluding hydrogens is 374 g/mol. The lowest BCUT2D eigenvalue weighted by molar-refractivity contribution is -0.136. The number of hydrogen-bond acceptors (Lipinski definition) is 6. The molecule has 1 heterocycles. The number of hydrogen-bond donors (Lipinski definition) is 3. The van der Waals surface area contributed by atoms with Crippen molar-refractivity contribution in [1.29, 1.82) is 0 Å². The van der Waals surface area contributed by atoms with Crippen LogP contribution in [0.2, 0.25) is 0 Å². The summed E-state index contributed by atoms with van der Waals surface area (Å²) in [6.45, 7) is 0. The van der Waals surface area contributed by atoms with Gasteiger partial charge < -0.3 is 20.1 Å². The highest BCUT2D eigenvalue weighted by Gasteiger charge is 2.23. The number of aromatic nitrogens is 1. The van der Waals surface area contributed by atoms with Crippen molar-refractivity contribution in [2.45, 2.75) is 17.7 Å². The molecule has 0 unspecified atom stereocenters. The van der Waals surface area contributed by atoms with Gasteiger partial charge in [-0.2, -0.15) is 0 Å². The molecule has 3 N–H and O–H groups in total. The number of aryl methyl sites for hydroxylation is 1. The van der Waals surface area contributed by atoms with Gasteiger partial charge in [-0.05, 0) is 42.3 Å². The predicted octanol–water partition coefficient (Wildman–Crippen LogP) is 2.32. The number of fused-ring (bicyclic) bond motifs is 1. The lowest BCUT2D eigenvalue weighted by atomic mass is 10.1. The zero-order chi connectivity index (χ0) is 19.8. The Morgan fingerprint density at radius 3 is 2.33 bits per heavy atom. The second kappa shape index (κ2) is 6.84. The summed E-state index contributed by atoms with van der Waals surface area (Å²) in [7, 11) is -2.55. The Morgan fingerprint density at radius 2 is 1.74 bits per heavy atom. The van der Waals surface area contributed by atoms with Gasteiger partial charge in [-0.3, -0.25) is 4.79 Å². The lowest BCUT2D eigenvalue weighted by Gasteiger charge is -2.09. The summed E-state index contributed by atoms with van der Waals surface area (Å²) < 4.78 is 32.1. The van der Waals surface area contributed by atoms with Crippen LogP contribution in [0, 0.1) is 0 Å². The van der Waals surface area contributed by atoms with Gasteiger partial charge in [0.05, 0.1) is 17.5 Å². The van der Waals surface area contributed by atoms with Gasteiger partial charge in [-0.15, -0.1) is 0 Å². The van der Waals surface area contributed by atoms with Crippen LogP contribution in [-0.2, 0) is 21.2 Å². The standard InChI is InChI=1S/C18H17NO7S/c1-26-12-3-5-13(6-4-12)27(24,25)19-10-11(2-7-18(22)23)14-8-16(20)17(21)9-15(14)19/h3-6,8-10,20-21H,2,7H2,1H3,(H,22,23). The van der Waals surface area contributed by atoms with Crippen molar-refractivity contribution in [1.82, 2.24) is 3.97 Å². The Bertz CT molecular complexity index is 1110. The van der Waals surface area contributed by atoms with E-state index in [-0.39, 0.29) is 23.3 Å². The minimum Gasteiger partial charge on any atom is -0.504 e. The molecule has 8 nitrogen and oxygen atoms in total. The Kier molecular flexibility index (Phi) is 4.71. The summed E-state index contributed by atoms with van der Waals surface area (Å²) in [6.07, 6.45) is 1.18. The summed E-state index contributed by atoms with van der Waals surface area (Å²) in [5.74, 6) is -1.43. The monoisotopic (exact) mass is 391 g/mol.